The zero-order valence-corrected chi connectivity index (χ0v) is 5.23. The Morgan fingerprint density at radius 3 is 0.750 bits per heavy atom. The SMILES string of the molecule is [AlH3].[AlH3].[Mn].[Zn]. The van der Waals surface area contributed by atoms with Crippen LogP contribution in [0.2, 0.25) is 0 Å². The third-order valence-corrected chi connectivity index (χ3v) is 0. The molecule has 0 saturated carbocycles. The van der Waals surface area contributed by atoms with Crippen molar-refractivity contribution in [1.29, 1.82) is 0 Å². The minimum Gasteiger partial charge on any atom is 0 e. The van der Waals surface area contributed by atoms with Gasteiger partial charge in [-0.1, -0.05) is 0 Å². The molecule has 0 heterocycles. The quantitative estimate of drug-likeness (QED) is 0.366. The summed E-state index contributed by atoms with van der Waals surface area (Å²) in [4.78, 5) is 0. The molecule has 0 N–H and O–H groups in total. The van der Waals surface area contributed by atoms with Crippen LogP contribution < -0.4 is 0 Å². The molecule has 4 heavy (non-hydrogen) atoms. The average molecular weight is 180 g/mol. The summed E-state index contributed by atoms with van der Waals surface area (Å²) in [6.07, 6.45) is 0. The molecule has 0 aliphatic heterocycles. The third-order valence-electron chi connectivity index (χ3n) is 0. The van der Waals surface area contributed by atoms with Gasteiger partial charge in [0.25, 0.3) is 0 Å². The summed E-state index contributed by atoms with van der Waals surface area (Å²) in [6.45, 7) is 0. The smallest absolute Gasteiger partial charge is 0 e. The monoisotopic (exact) mass is 179 g/mol. The zero-order chi connectivity index (χ0) is 0. The topological polar surface area (TPSA) is 0 Å². The van der Waals surface area contributed by atoms with Crippen molar-refractivity contribution in [2.45, 2.75) is 0 Å². The molecule has 0 saturated heterocycles. The van der Waals surface area contributed by atoms with Crippen molar-refractivity contribution in [3.05, 3.63) is 0 Å². The van der Waals surface area contributed by atoms with Gasteiger partial charge in [-0.15, -0.1) is 0 Å². The van der Waals surface area contributed by atoms with Gasteiger partial charge >= 0.3 is 0 Å². The molecule has 21 valence electrons. The second kappa shape index (κ2) is 18.9. The van der Waals surface area contributed by atoms with E-state index in [1.165, 1.54) is 0 Å². The molecule has 0 aliphatic rings. The predicted octanol–water partition coefficient (Wildman–Crippen LogP) is -2.37. The Kier molecular flexibility index (Phi) is 163. The maximum atomic E-state index is 0. The van der Waals surface area contributed by atoms with Crippen LogP contribution in [0.25, 0.3) is 0 Å². The number of hydrogen-bond donors (Lipinski definition) is 0. The van der Waals surface area contributed by atoms with Crippen molar-refractivity contribution in [3.8, 4) is 0 Å². The van der Waals surface area contributed by atoms with Crippen LogP contribution >= 0.6 is 0 Å². The number of rotatable bonds is 0. The van der Waals surface area contributed by atoms with E-state index >= 15 is 0 Å². The first-order valence-corrected chi connectivity index (χ1v) is 0. The normalized spacial score (nSPS) is 0. The van der Waals surface area contributed by atoms with Gasteiger partial charge in [0.1, 0.15) is 0 Å². The molecule has 0 aromatic rings. The molecule has 4 heteroatoms. The fourth-order valence-electron chi connectivity index (χ4n) is 0. The molecular weight excluding hydrogens is 174 g/mol. The summed E-state index contributed by atoms with van der Waals surface area (Å²) in [5, 5.41) is 0. The summed E-state index contributed by atoms with van der Waals surface area (Å²) in [5.41, 5.74) is 0. The van der Waals surface area contributed by atoms with Crippen LogP contribution in [0.5, 0.6) is 0 Å². The second-order valence-electron chi connectivity index (χ2n) is 0. The summed E-state index contributed by atoms with van der Waals surface area (Å²) in [5.74, 6) is 0. The van der Waals surface area contributed by atoms with Gasteiger partial charge in [0.15, 0.2) is 34.7 Å². The van der Waals surface area contributed by atoms with E-state index < -0.39 is 0 Å². The summed E-state index contributed by atoms with van der Waals surface area (Å²) in [6, 6.07) is 0. The third kappa shape index (κ3) is 8.88. The molecule has 0 aromatic carbocycles. The van der Waals surface area contributed by atoms with Gasteiger partial charge in [0.2, 0.25) is 0 Å². The molecular formula is H6Al2MnZn. The van der Waals surface area contributed by atoms with Gasteiger partial charge in [-0.25, -0.2) is 0 Å². The summed E-state index contributed by atoms with van der Waals surface area (Å²) < 4.78 is 0. The van der Waals surface area contributed by atoms with Crippen LogP contribution in [0.1, 0.15) is 0 Å². The van der Waals surface area contributed by atoms with Crippen LogP contribution in [0.4, 0.5) is 0 Å². The molecule has 0 unspecified atom stereocenters. The zero-order valence-electron chi connectivity index (χ0n) is 1.09. The van der Waals surface area contributed by atoms with Crippen LogP contribution in [0.3, 0.4) is 0 Å². The molecule has 0 spiro atoms. The van der Waals surface area contributed by atoms with Gasteiger partial charge in [0.05, 0.1) is 0 Å². The first-order valence-electron chi connectivity index (χ1n) is 0. The predicted molar refractivity (Wildman–Crippen MR) is 19.9 cm³/mol. The van der Waals surface area contributed by atoms with Crippen molar-refractivity contribution in [3.63, 3.8) is 0 Å². The van der Waals surface area contributed by atoms with Crippen molar-refractivity contribution < 1.29 is 36.5 Å². The average Bonchev–Trinajstić information content (AvgIpc) is 0. The first-order chi connectivity index (χ1) is 0. The van der Waals surface area contributed by atoms with E-state index in [9.17, 15) is 0 Å². The minimum atomic E-state index is 0. The largest absolute Gasteiger partial charge is 0.187 e. The molecule has 0 aromatic heterocycles. The van der Waals surface area contributed by atoms with E-state index in [-0.39, 0.29) is 71.3 Å². The minimum absolute atomic E-state index is 0. The Morgan fingerprint density at radius 1 is 0.750 bits per heavy atom. The molecule has 0 bridgehead atoms. The Bertz CT molecular complexity index is 6.00. The Labute approximate surface area is 70.6 Å². The van der Waals surface area contributed by atoms with Gasteiger partial charge in [0, 0.05) is 36.5 Å². The van der Waals surface area contributed by atoms with E-state index in [1.807, 2.05) is 0 Å². The Morgan fingerprint density at radius 2 is 0.750 bits per heavy atom. The van der Waals surface area contributed by atoms with Crippen molar-refractivity contribution >= 4 is 34.7 Å². The van der Waals surface area contributed by atoms with Crippen LogP contribution in [-0.4, -0.2) is 34.7 Å². The summed E-state index contributed by atoms with van der Waals surface area (Å²) >= 11 is 0. The van der Waals surface area contributed by atoms with E-state index in [0.717, 1.165) is 0 Å². The van der Waals surface area contributed by atoms with Crippen LogP contribution in [0, 0.1) is 0 Å². The fourth-order valence-corrected chi connectivity index (χ4v) is 0. The number of hydrogen-bond acceptors (Lipinski definition) is 0. The molecule has 0 fully saturated rings. The van der Waals surface area contributed by atoms with Crippen LogP contribution in [-0.2, 0) is 36.5 Å². The molecule has 0 atom stereocenters. The maximum absolute atomic E-state index is 0. The second-order valence-corrected chi connectivity index (χ2v) is 0. The standard InChI is InChI=1S/2Al.Mn.Zn.6H. The van der Waals surface area contributed by atoms with Gasteiger partial charge in [-0.3, -0.25) is 0 Å². The van der Waals surface area contributed by atoms with Crippen molar-refractivity contribution in [2.24, 2.45) is 0 Å². The molecule has 0 amide bonds. The maximum Gasteiger partial charge on any atom is 0.187 e. The first kappa shape index (κ1) is 34.5. The van der Waals surface area contributed by atoms with E-state index in [1.54, 1.807) is 0 Å². The van der Waals surface area contributed by atoms with Gasteiger partial charge in [-0.05, 0) is 0 Å². The Balaban J connectivity index is 0. The Hall–Kier alpha value is 2.21. The van der Waals surface area contributed by atoms with E-state index in [2.05, 4.69) is 0 Å². The molecule has 0 nitrogen and oxygen atoms in total. The van der Waals surface area contributed by atoms with Crippen molar-refractivity contribution in [1.82, 2.24) is 0 Å². The van der Waals surface area contributed by atoms with E-state index in [4.69, 9.17) is 0 Å². The van der Waals surface area contributed by atoms with E-state index in [0.29, 0.717) is 0 Å². The fraction of sp³-hybridized carbons (Fsp3) is 0. The molecule has 0 rings (SSSR count). The van der Waals surface area contributed by atoms with Gasteiger partial charge < -0.3 is 0 Å². The van der Waals surface area contributed by atoms with Crippen LogP contribution in [0.15, 0.2) is 0 Å². The molecule has 0 aliphatic carbocycles. The van der Waals surface area contributed by atoms with Crippen molar-refractivity contribution in [2.75, 3.05) is 0 Å². The molecule has 1 radical (unpaired) electrons. The summed E-state index contributed by atoms with van der Waals surface area (Å²) in [7, 11) is 0. The van der Waals surface area contributed by atoms with Gasteiger partial charge in [-0.2, -0.15) is 0 Å².